The first-order chi connectivity index (χ1) is 12.8. The number of para-hydroxylation sites is 1. The molecule has 0 radical (unpaired) electrons. The molecule has 5 nitrogen and oxygen atoms in total. The van der Waals surface area contributed by atoms with Crippen LogP contribution in [-0.2, 0) is 6.54 Å². The summed E-state index contributed by atoms with van der Waals surface area (Å²) in [4.78, 5) is 6.67. The molecule has 0 unspecified atom stereocenters. The first kappa shape index (κ1) is 21.3. The van der Waals surface area contributed by atoms with Crippen molar-refractivity contribution < 1.29 is 17.9 Å². The third-order valence-electron chi connectivity index (χ3n) is 4.63. The van der Waals surface area contributed by atoms with Crippen LogP contribution in [0.15, 0.2) is 29.3 Å². The lowest BCUT2D eigenvalue weighted by atomic mass is 10.0. The lowest BCUT2D eigenvalue weighted by Gasteiger charge is -2.35. The van der Waals surface area contributed by atoms with E-state index in [2.05, 4.69) is 34.4 Å². The van der Waals surface area contributed by atoms with Crippen molar-refractivity contribution in [3.05, 3.63) is 29.8 Å². The quantitative estimate of drug-likeness (QED) is 0.583. The summed E-state index contributed by atoms with van der Waals surface area (Å²) in [5.41, 5.74) is 0.652. The summed E-state index contributed by atoms with van der Waals surface area (Å²) in [5.74, 6) is 0.867. The van der Waals surface area contributed by atoms with Gasteiger partial charge in [0.2, 0.25) is 0 Å². The van der Waals surface area contributed by atoms with Crippen LogP contribution in [0.2, 0.25) is 0 Å². The standard InChI is InChI=1S/C19H29F3N4O/c1-14(2)26-10-8-16(9-11-26)25-18(23-3)24-12-15-6-4-5-7-17(15)27-13-19(20,21)22/h4-7,14,16H,8-13H2,1-3H3,(H2,23,24,25). The molecule has 1 aromatic rings. The number of likely N-dealkylation sites (tertiary alicyclic amines) is 1. The molecule has 1 fully saturated rings. The van der Waals surface area contributed by atoms with Crippen molar-refractivity contribution in [1.29, 1.82) is 0 Å². The van der Waals surface area contributed by atoms with E-state index in [0.29, 0.717) is 30.2 Å². The predicted octanol–water partition coefficient (Wildman–Crippen LogP) is 3.17. The molecule has 0 spiro atoms. The summed E-state index contributed by atoms with van der Waals surface area (Å²) in [6.07, 6.45) is -2.29. The van der Waals surface area contributed by atoms with Crippen LogP contribution < -0.4 is 15.4 Å². The third-order valence-corrected chi connectivity index (χ3v) is 4.63. The lowest BCUT2D eigenvalue weighted by Crippen LogP contribution is -2.49. The minimum absolute atomic E-state index is 0.225. The number of piperidine rings is 1. The number of nitrogens with zero attached hydrogens (tertiary/aromatic N) is 2. The zero-order valence-electron chi connectivity index (χ0n) is 16.1. The molecule has 8 heteroatoms. The van der Waals surface area contributed by atoms with Gasteiger partial charge in [0.15, 0.2) is 12.6 Å². The third kappa shape index (κ3) is 7.28. The predicted molar refractivity (Wildman–Crippen MR) is 101 cm³/mol. The van der Waals surface area contributed by atoms with Gasteiger partial charge in [0, 0.05) is 44.3 Å². The van der Waals surface area contributed by atoms with E-state index in [0.717, 1.165) is 25.9 Å². The Morgan fingerprint density at radius 3 is 2.52 bits per heavy atom. The summed E-state index contributed by atoms with van der Waals surface area (Å²) >= 11 is 0. The van der Waals surface area contributed by atoms with Gasteiger partial charge in [-0.3, -0.25) is 4.99 Å². The van der Waals surface area contributed by atoms with E-state index in [-0.39, 0.29) is 5.75 Å². The topological polar surface area (TPSA) is 48.9 Å². The highest BCUT2D eigenvalue weighted by molar-refractivity contribution is 5.80. The zero-order valence-corrected chi connectivity index (χ0v) is 16.1. The molecule has 0 saturated carbocycles. The highest BCUT2D eigenvalue weighted by atomic mass is 19.4. The molecule has 1 aromatic carbocycles. The Morgan fingerprint density at radius 1 is 1.26 bits per heavy atom. The largest absolute Gasteiger partial charge is 0.484 e. The lowest BCUT2D eigenvalue weighted by molar-refractivity contribution is -0.153. The van der Waals surface area contributed by atoms with E-state index in [9.17, 15) is 13.2 Å². The Kier molecular flexibility index (Phi) is 7.77. The number of hydrogen-bond donors (Lipinski definition) is 2. The second-order valence-corrected chi connectivity index (χ2v) is 6.99. The fourth-order valence-corrected chi connectivity index (χ4v) is 3.08. The molecular formula is C19H29F3N4O. The molecule has 0 bridgehead atoms. The number of hydrogen-bond acceptors (Lipinski definition) is 3. The highest BCUT2D eigenvalue weighted by Gasteiger charge is 2.28. The minimum Gasteiger partial charge on any atom is -0.484 e. The normalized spacial score (nSPS) is 17.2. The molecule has 152 valence electrons. The van der Waals surface area contributed by atoms with Crippen LogP contribution in [0.25, 0.3) is 0 Å². The molecule has 1 saturated heterocycles. The number of rotatable bonds is 6. The van der Waals surface area contributed by atoms with Crippen LogP contribution >= 0.6 is 0 Å². The number of ether oxygens (including phenoxy) is 1. The SMILES string of the molecule is CN=C(NCc1ccccc1OCC(F)(F)F)NC1CCN(C(C)C)CC1. The maximum absolute atomic E-state index is 12.4. The summed E-state index contributed by atoms with van der Waals surface area (Å²) in [6, 6.07) is 7.60. The van der Waals surface area contributed by atoms with Gasteiger partial charge in [0.1, 0.15) is 5.75 Å². The van der Waals surface area contributed by atoms with Gasteiger partial charge >= 0.3 is 6.18 Å². The number of guanidine groups is 1. The van der Waals surface area contributed by atoms with Crippen molar-refractivity contribution >= 4 is 5.96 Å². The monoisotopic (exact) mass is 386 g/mol. The first-order valence-electron chi connectivity index (χ1n) is 9.27. The van der Waals surface area contributed by atoms with E-state index in [4.69, 9.17) is 4.74 Å². The number of benzene rings is 1. The average molecular weight is 386 g/mol. The molecule has 0 atom stereocenters. The summed E-state index contributed by atoms with van der Waals surface area (Å²) in [7, 11) is 1.69. The van der Waals surface area contributed by atoms with Crippen molar-refractivity contribution in [3.63, 3.8) is 0 Å². The van der Waals surface area contributed by atoms with Crippen molar-refractivity contribution in [1.82, 2.24) is 15.5 Å². The van der Waals surface area contributed by atoms with E-state index in [1.807, 2.05) is 0 Å². The van der Waals surface area contributed by atoms with Gasteiger partial charge in [-0.2, -0.15) is 13.2 Å². The van der Waals surface area contributed by atoms with Crippen LogP contribution in [0, 0.1) is 0 Å². The minimum atomic E-state index is -4.36. The Balaban J connectivity index is 1.86. The highest BCUT2D eigenvalue weighted by Crippen LogP contribution is 2.22. The Morgan fingerprint density at radius 2 is 1.93 bits per heavy atom. The van der Waals surface area contributed by atoms with E-state index in [1.165, 1.54) is 0 Å². The molecule has 2 N–H and O–H groups in total. The fraction of sp³-hybridized carbons (Fsp3) is 0.632. The average Bonchev–Trinajstić information content (AvgIpc) is 2.63. The fourth-order valence-electron chi connectivity index (χ4n) is 3.08. The second kappa shape index (κ2) is 9.82. The molecule has 1 heterocycles. The Labute approximate surface area is 159 Å². The van der Waals surface area contributed by atoms with Crippen LogP contribution in [0.1, 0.15) is 32.3 Å². The molecule has 0 aromatic heterocycles. The van der Waals surface area contributed by atoms with Gasteiger partial charge in [-0.15, -0.1) is 0 Å². The van der Waals surface area contributed by atoms with Crippen molar-refractivity contribution in [2.24, 2.45) is 4.99 Å². The van der Waals surface area contributed by atoms with Gasteiger partial charge in [0.05, 0.1) is 0 Å². The molecular weight excluding hydrogens is 357 g/mol. The van der Waals surface area contributed by atoms with Gasteiger partial charge < -0.3 is 20.3 Å². The van der Waals surface area contributed by atoms with Gasteiger partial charge in [-0.1, -0.05) is 18.2 Å². The molecule has 0 aliphatic carbocycles. The maximum atomic E-state index is 12.4. The summed E-state index contributed by atoms with van der Waals surface area (Å²) in [6.45, 7) is 5.52. The van der Waals surface area contributed by atoms with Crippen LogP contribution in [0.3, 0.4) is 0 Å². The number of aliphatic imine (C=N–C) groups is 1. The summed E-state index contributed by atoms with van der Waals surface area (Å²) in [5, 5.41) is 6.57. The zero-order chi connectivity index (χ0) is 19.9. The number of nitrogens with one attached hydrogen (secondary N) is 2. The van der Waals surface area contributed by atoms with Crippen molar-refractivity contribution in [2.45, 2.75) is 51.5 Å². The van der Waals surface area contributed by atoms with E-state index in [1.54, 1.807) is 31.3 Å². The molecule has 2 rings (SSSR count). The smallest absolute Gasteiger partial charge is 0.422 e. The Bertz CT molecular complexity index is 611. The van der Waals surface area contributed by atoms with Gasteiger partial charge in [-0.05, 0) is 32.8 Å². The van der Waals surface area contributed by atoms with E-state index >= 15 is 0 Å². The van der Waals surface area contributed by atoms with Gasteiger partial charge in [0.25, 0.3) is 0 Å². The molecule has 1 aliphatic heterocycles. The van der Waals surface area contributed by atoms with Crippen molar-refractivity contribution in [3.8, 4) is 5.75 Å². The molecule has 0 amide bonds. The van der Waals surface area contributed by atoms with Crippen LogP contribution in [0.5, 0.6) is 5.75 Å². The number of halogens is 3. The van der Waals surface area contributed by atoms with E-state index < -0.39 is 12.8 Å². The van der Waals surface area contributed by atoms with Gasteiger partial charge in [-0.25, -0.2) is 0 Å². The Hall–Kier alpha value is -1.96. The van der Waals surface area contributed by atoms with Crippen LogP contribution in [-0.4, -0.2) is 55.9 Å². The van der Waals surface area contributed by atoms with Crippen LogP contribution in [0.4, 0.5) is 13.2 Å². The van der Waals surface area contributed by atoms with Crippen molar-refractivity contribution in [2.75, 3.05) is 26.7 Å². The molecule has 27 heavy (non-hydrogen) atoms. The summed E-state index contributed by atoms with van der Waals surface area (Å²) < 4.78 is 42.1. The second-order valence-electron chi connectivity index (χ2n) is 6.99. The first-order valence-corrected chi connectivity index (χ1v) is 9.27. The molecule has 1 aliphatic rings. The maximum Gasteiger partial charge on any atom is 0.422 e. The number of alkyl halides is 3.